The molecule has 7 nitrogen and oxygen atoms in total. The van der Waals surface area contributed by atoms with Crippen LogP contribution in [0.2, 0.25) is 5.02 Å². The van der Waals surface area contributed by atoms with Gasteiger partial charge in [-0.05, 0) is 36.4 Å². The lowest BCUT2D eigenvalue weighted by atomic mass is 10.3. The number of quaternary nitrogens is 1. The molecule has 0 aliphatic carbocycles. The minimum Gasteiger partial charge on any atom is -0.484 e. The first-order valence-corrected chi connectivity index (χ1v) is 10.1. The fourth-order valence-corrected chi connectivity index (χ4v) is 3.54. The zero-order valence-electron chi connectivity index (χ0n) is 16.1. The Kier molecular flexibility index (Phi) is 6.29. The van der Waals surface area contributed by atoms with E-state index in [0.717, 1.165) is 50.4 Å². The van der Waals surface area contributed by atoms with Crippen LogP contribution in [-0.2, 0) is 16.1 Å². The minimum atomic E-state index is -0.254. The Bertz CT molecular complexity index is 968. The monoisotopic (exact) mass is 415 g/mol. The summed E-state index contributed by atoms with van der Waals surface area (Å²) in [6.07, 6.45) is 0. The third-order valence-electron chi connectivity index (χ3n) is 4.98. The second kappa shape index (κ2) is 9.26. The number of benzene rings is 2. The molecular weight excluding hydrogens is 392 g/mol. The Hall–Kier alpha value is -2.61. The lowest BCUT2D eigenvalue weighted by Gasteiger charge is -2.24. The maximum atomic E-state index is 12.5. The molecule has 0 saturated carbocycles. The number of ether oxygens (including phenoxy) is 2. The van der Waals surface area contributed by atoms with Crippen molar-refractivity contribution in [2.24, 2.45) is 0 Å². The molecule has 3 aromatic rings. The number of morpholine rings is 1. The molecule has 0 bridgehead atoms. The summed E-state index contributed by atoms with van der Waals surface area (Å²) in [6.45, 7) is 5.22. The molecule has 1 fully saturated rings. The number of para-hydroxylation sites is 2. The van der Waals surface area contributed by atoms with Gasteiger partial charge in [0.15, 0.2) is 6.61 Å². The molecular formula is C21H24ClN4O3+. The number of halogens is 1. The molecule has 0 atom stereocenters. The summed E-state index contributed by atoms with van der Waals surface area (Å²) in [5, 5.41) is 3.52. The van der Waals surface area contributed by atoms with Gasteiger partial charge in [0.05, 0.1) is 37.3 Å². The Morgan fingerprint density at radius 3 is 2.72 bits per heavy atom. The maximum absolute atomic E-state index is 12.5. The Morgan fingerprint density at radius 2 is 1.93 bits per heavy atom. The summed E-state index contributed by atoms with van der Waals surface area (Å²) >= 11 is 5.87. The number of carbonyl (C=O) groups is 1. The van der Waals surface area contributed by atoms with E-state index in [1.165, 1.54) is 4.90 Å². The molecule has 0 spiro atoms. The van der Waals surface area contributed by atoms with Crippen LogP contribution >= 0.6 is 11.6 Å². The summed E-state index contributed by atoms with van der Waals surface area (Å²) in [4.78, 5) is 18.6. The lowest BCUT2D eigenvalue weighted by molar-refractivity contribution is -0.908. The zero-order valence-corrected chi connectivity index (χ0v) is 16.8. The van der Waals surface area contributed by atoms with Gasteiger partial charge < -0.3 is 18.9 Å². The molecule has 1 aromatic heterocycles. The normalized spacial score (nSPS) is 14.8. The Labute approximate surface area is 174 Å². The smallest absolute Gasteiger partial charge is 0.264 e. The van der Waals surface area contributed by atoms with Crippen LogP contribution in [0.4, 0.5) is 5.95 Å². The molecule has 4 rings (SSSR count). The number of hydrogen-bond donors (Lipinski definition) is 2. The SMILES string of the molecule is O=C(COc1ccc(Cl)cc1)Nc1nc2ccccc2n1CC[NH+]1CCOCC1. The van der Waals surface area contributed by atoms with Gasteiger partial charge in [0.1, 0.15) is 18.8 Å². The van der Waals surface area contributed by atoms with Crippen molar-refractivity contribution in [3.8, 4) is 5.75 Å². The van der Waals surface area contributed by atoms with Crippen molar-refractivity contribution in [2.75, 3.05) is 44.8 Å². The largest absolute Gasteiger partial charge is 0.484 e. The Morgan fingerprint density at radius 1 is 1.17 bits per heavy atom. The standard InChI is InChI=1S/C21H23ClN4O3/c22-16-5-7-17(8-6-16)29-15-20(27)24-21-23-18-3-1-2-4-19(18)26(21)10-9-25-11-13-28-14-12-25/h1-8H,9-15H2,(H,23,24,27)/p+1. The van der Waals surface area contributed by atoms with E-state index in [2.05, 4.69) is 14.9 Å². The quantitative estimate of drug-likeness (QED) is 0.615. The van der Waals surface area contributed by atoms with E-state index in [1.54, 1.807) is 24.3 Å². The first-order valence-electron chi connectivity index (χ1n) is 9.74. The van der Waals surface area contributed by atoms with Gasteiger partial charge >= 0.3 is 0 Å². The number of carbonyl (C=O) groups excluding carboxylic acids is 1. The molecule has 1 amide bonds. The predicted octanol–water partition coefficient (Wildman–Crippen LogP) is 1.62. The van der Waals surface area contributed by atoms with Gasteiger partial charge in [0.25, 0.3) is 5.91 Å². The highest BCUT2D eigenvalue weighted by atomic mass is 35.5. The van der Waals surface area contributed by atoms with Gasteiger partial charge in [-0.2, -0.15) is 0 Å². The maximum Gasteiger partial charge on any atom is 0.264 e. The van der Waals surface area contributed by atoms with Crippen LogP contribution in [0.1, 0.15) is 0 Å². The lowest BCUT2D eigenvalue weighted by Crippen LogP contribution is -3.14. The van der Waals surface area contributed by atoms with Crippen molar-refractivity contribution in [1.29, 1.82) is 0 Å². The number of aromatic nitrogens is 2. The van der Waals surface area contributed by atoms with Crippen molar-refractivity contribution >= 4 is 34.5 Å². The molecule has 29 heavy (non-hydrogen) atoms. The fraction of sp³-hybridized carbons (Fsp3) is 0.333. The van der Waals surface area contributed by atoms with Crippen LogP contribution in [0, 0.1) is 0 Å². The number of hydrogen-bond acceptors (Lipinski definition) is 4. The van der Waals surface area contributed by atoms with Gasteiger partial charge in [0, 0.05) is 5.02 Å². The van der Waals surface area contributed by atoms with Gasteiger partial charge in [-0.15, -0.1) is 0 Å². The van der Waals surface area contributed by atoms with E-state index in [0.29, 0.717) is 16.7 Å². The van der Waals surface area contributed by atoms with E-state index >= 15 is 0 Å². The molecule has 2 aromatic carbocycles. The molecule has 0 radical (unpaired) electrons. The molecule has 152 valence electrons. The highest BCUT2D eigenvalue weighted by Gasteiger charge is 2.17. The summed E-state index contributed by atoms with van der Waals surface area (Å²) in [5.41, 5.74) is 1.87. The highest BCUT2D eigenvalue weighted by Crippen LogP contribution is 2.19. The Balaban J connectivity index is 1.43. The van der Waals surface area contributed by atoms with Crippen molar-refractivity contribution in [3.63, 3.8) is 0 Å². The van der Waals surface area contributed by atoms with Gasteiger partial charge in [-0.1, -0.05) is 23.7 Å². The number of amides is 1. The molecule has 8 heteroatoms. The van der Waals surface area contributed by atoms with Crippen molar-refractivity contribution in [1.82, 2.24) is 9.55 Å². The number of imidazole rings is 1. The van der Waals surface area contributed by atoms with Crippen LogP contribution in [0.3, 0.4) is 0 Å². The van der Waals surface area contributed by atoms with Crippen LogP contribution in [0.15, 0.2) is 48.5 Å². The third kappa shape index (κ3) is 5.06. The van der Waals surface area contributed by atoms with Crippen LogP contribution in [0.25, 0.3) is 11.0 Å². The van der Waals surface area contributed by atoms with Crippen molar-refractivity contribution in [3.05, 3.63) is 53.6 Å². The van der Waals surface area contributed by atoms with E-state index in [-0.39, 0.29) is 12.5 Å². The highest BCUT2D eigenvalue weighted by molar-refractivity contribution is 6.30. The molecule has 1 saturated heterocycles. The van der Waals surface area contributed by atoms with Gasteiger partial charge in [-0.25, -0.2) is 4.98 Å². The summed E-state index contributed by atoms with van der Waals surface area (Å²) in [5.74, 6) is 0.882. The van der Waals surface area contributed by atoms with Gasteiger partial charge in [-0.3, -0.25) is 10.1 Å². The molecule has 1 aliphatic heterocycles. The molecule has 2 heterocycles. The first kappa shape index (κ1) is 19.7. The third-order valence-corrected chi connectivity index (χ3v) is 5.23. The van der Waals surface area contributed by atoms with Gasteiger partial charge in [0.2, 0.25) is 5.95 Å². The summed E-state index contributed by atoms with van der Waals surface area (Å²) in [7, 11) is 0. The predicted molar refractivity (Wildman–Crippen MR) is 112 cm³/mol. The second-order valence-electron chi connectivity index (χ2n) is 6.98. The number of rotatable bonds is 7. The van der Waals surface area contributed by atoms with Crippen LogP contribution < -0.4 is 15.0 Å². The number of nitrogens with zero attached hydrogens (tertiary/aromatic N) is 2. The topological polar surface area (TPSA) is 69.8 Å². The van der Waals surface area contributed by atoms with E-state index in [4.69, 9.17) is 21.1 Å². The van der Waals surface area contributed by atoms with Crippen molar-refractivity contribution in [2.45, 2.75) is 6.54 Å². The molecule has 1 aliphatic rings. The van der Waals surface area contributed by atoms with Crippen molar-refractivity contribution < 1.29 is 19.2 Å². The number of anilines is 1. The first-order chi connectivity index (χ1) is 14.2. The molecule has 2 N–H and O–H groups in total. The number of nitrogens with one attached hydrogen (secondary N) is 2. The van der Waals surface area contributed by atoms with E-state index in [9.17, 15) is 4.79 Å². The van der Waals surface area contributed by atoms with Crippen LogP contribution in [-0.4, -0.2) is 54.9 Å². The summed E-state index contributed by atoms with van der Waals surface area (Å²) < 4.78 is 13.0. The van der Waals surface area contributed by atoms with E-state index in [1.807, 2.05) is 24.3 Å². The molecule has 0 unspecified atom stereocenters. The van der Waals surface area contributed by atoms with E-state index < -0.39 is 0 Å². The minimum absolute atomic E-state index is 0.0977. The zero-order chi connectivity index (χ0) is 20.1. The second-order valence-corrected chi connectivity index (χ2v) is 7.42. The number of fused-ring (bicyclic) bond motifs is 1. The average molecular weight is 416 g/mol. The van der Waals surface area contributed by atoms with Crippen LogP contribution in [0.5, 0.6) is 5.75 Å². The average Bonchev–Trinajstić information content (AvgIpc) is 3.09. The fourth-order valence-electron chi connectivity index (χ4n) is 3.42. The summed E-state index contributed by atoms with van der Waals surface area (Å²) in [6, 6.07) is 14.8.